The van der Waals surface area contributed by atoms with Crippen molar-refractivity contribution in [1.82, 2.24) is 16.6 Å². The molecule has 0 rings (SSSR count). The Morgan fingerprint density at radius 1 is 1.50 bits per heavy atom. The maximum absolute atomic E-state index is 5.09. The zero-order valence-corrected chi connectivity index (χ0v) is 4.48. The van der Waals surface area contributed by atoms with Crippen molar-refractivity contribution in [3.05, 3.63) is 0 Å². The first-order valence-corrected chi connectivity index (χ1v) is 2.21. The van der Waals surface area contributed by atoms with Crippen LogP contribution in [0.25, 0.3) is 0 Å². The van der Waals surface area contributed by atoms with Crippen LogP contribution in [0.3, 0.4) is 0 Å². The van der Waals surface area contributed by atoms with Crippen molar-refractivity contribution in [1.29, 1.82) is 0 Å². The molecule has 0 bridgehead atoms. The standard InChI is InChI=1S/C2H11N5O/c3-1-2-5-8-7-6-4/h5-7H,1-4H2. The van der Waals surface area contributed by atoms with Gasteiger partial charge in [0.2, 0.25) is 0 Å². The first-order valence-electron chi connectivity index (χ1n) is 2.21. The lowest BCUT2D eigenvalue weighted by atomic mass is 10.7. The summed E-state index contributed by atoms with van der Waals surface area (Å²) in [5.74, 6) is 4.75. The molecule has 6 heteroatoms. The van der Waals surface area contributed by atoms with Crippen LogP contribution < -0.4 is 28.2 Å². The molecular formula is C2H11N5O. The third-order valence-electron chi connectivity index (χ3n) is 0.429. The summed E-state index contributed by atoms with van der Waals surface area (Å²) in [4.78, 5) is 4.41. The molecule has 0 aromatic heterocycles. The van der Waals surface area contributed by atoms with Crippen LogP contribution in [0.4, 0.5) is 0 Å². The Bertz CT molecular complexity index is 35.4. The van der Waals surface area contributed by atoms with Crippen LogP contribution in [0.2, 0.25) is 0 Å². The monoisotopic (exact) mass is 121 g/mol. The second-order valence-electron chi connectivity index (χ2n) is 1.03. The molecule has 0 aliphatic heterocycles. The second-order valence-corrected chi connectivity index (χ2v) is 1.03. The Labute approximate surface area is 47.4 Å². The Morgan fingerprint density at radius 3 is 2.75 bits per heavy atom. The van der Waals surface area contributed by atoms with Gasteiger partial charge in [-0.25, -0.2) is 0 Å². The van der Waals surface area contributed by atoms with E-state index in [4.69, 9.17) is 11.6 Å². The normalized spacial score (nSPS) is 9.75. The Morgan fingerprint density at radius 2 is 2.25 bits per heavy atom. The average Bonchev–Trinajstić information content (AvgIpc) is 1.81. The van der Waals surface area contributed by atoms with Gasteiger partial charge in [0.15, 0.2) is 0 Å². The van der Waals surface area contributed by atoms with E-state index in [1.54, 1.807) is 0 Å². The number of nitrogens with one attached hydrogen (secondary N) is 3. The van der Waals surface area contributed by atoms with Gasteiger partial charge in [0.05, 0.1) is 0 Å². The van der Waals surface area contributed by atoms with Crippen LogP contribution in [-0.4, -0.2) is 13.1 Å². The lowest BCUT2D eigenvalue weighted by molar-refractivity contribution is -0.0603. The predicted molar refractivity (Wildman–Crippen MR) is 28.6 cm³/mol. The Kier molecular flexibility index (Phi) is 6.56. The van der Waals surface area contributed by atoms with Gasteiger partial charge in [-0.15, -0.1) is 5.59 Å². The molecule has 0 aromatic carbocycles. The molecule has 6 nitrogen and oxygen atoms in total. The van der Waals surface area contributed by atoms with Gasteiger partial charge in [-0.05, 0) is 0 Å². The van der Waals surface area contributed by atoms with Gasteiger partial charge < -0.3 is 5.73 Å². The topological polar surface area (TPSA) is 97.4 Å². The number of hydroxylamine groups is 1. The molecule has 50 valence electrons. The molecule has 0 saturated carbocycles. The molecule has 0 aliphatic rings. The van der Waals surface area contributed by atoms with Crippen LogP contribution in [0.1, 0.15) is 0 Å². The molecular weight excluding hydrogens is 110 g/mol. The van der Waals surface area contributed by atoms with Crippen molar-refractivity contribution in [3.63, 3.8) is 0 Å². The van der Waals surface area contributed by atoms with Gasteiger partial charge >= 0.3 is 0 Å². The van der Waals surface area contributed by atoms with E-state index < -0.39 is 0 Å². The fraction of sp³-hybridized carbons (Fsp3) is 1.00. The van der Waals surface area contributed by atoms with Crippen LogP contribution in [0, 0.1) is 0 Å². The highest BCUT2D eigenvalue weighted by molar-refractivity contribution is 4.29. The van der Waals surface area contributed by atoms with Crippen LogP contribution in [0.5, 0.6) is 0 Å². The van der Waals surface area contributed by atoms with Gasteiger partial charge in [-0.2, -0.15) is 16.0 Å². The third kappa shape index (κ3) is 5.76. The summed E-state index contributed by atoms with van der Waals surface area (Å²) < 4.78 is 0. The van der Waals surface area contributed by atoms with Crippen molar-refractivity contribution in [2.24, 2.45) is 11.6 Å². The molecule has 7 N–H and O–H groups in total. The second kappa shape index (κ2) is 6.76. The number of nitrogens with two attached hydrogens (primary N) is 2. The zero-order valence-electron chi connectivity index (χ0n) is 4.48. The lowest BCUT2D eigenvalue weighted by Gasteiger charge is -2.01. The summed E-state index contributed by atoms with van der Waals surface area (Å²) in [7, 11) is 0. The minimum atomic E-state index is 0.520. The summed E-state index contributed by atoms with van der Waals surface area (Å²) in [6, 6.07) is 0. The van der Waals surface area contributed by atoms with Gasteiger partial charge in [0, 0.05) is 13.1 Å². The number of hydrogen-bond donors (Lipinski definition) is 5. The number of hydrazine groups is 2. The molecule has 0 spiro atoms. The first-order chi connectivity index (χ1) is 3.91. The third-order valence-corrected chi connectivity index (χ3v) is 0.429. The minimum absolute atomic E-state index is 0.520. The first kappa shape index (κ1) is 7.76. The van der Waals surface area contributed by atoms with Gasteiger partial charge in [-0.3, -0.25) is 5.84 Å². The van der Waals surface area contributed by atoms with E-state index in [1.807, 2.05) is 0 Å². The smallest absolute Gasteiger partial charge is 0.0352 e. The molecule has 0 aromatic rings. The van der Waals surface area contributed by atoms with Crippen LogP contribution in [0.15, 0.2) is 0 Å². The van der Waals surface area contributed by atoms with Crippen LogP contribution >= 0.6 is 0 Å². The van der Waals surface area contributed by atoms with Crippen molar-refractivity contribution in [2.75, 3.05) is 13.1 Å². The van der Waals surface area contributed by atoms with E-state index in [0.717, 1.165) is 0 Å². The van der Waals surface area contributed by atoms with E-state index in [0.29, 0.717) is 13.1 Å². The zero-order chi connectivity index (χ0) is 6.24. The summed E-state index contributed by atoms with van der Waals surface area (Å²) in [5.41, 5.74) is 11.7. The molecule has 0 amide bonds. The molecule has 0 radical (unpaired) electrons. The van der Waals surface area contributed by atoms with Gasteiger partial charge in [-0.1, -0.05) is 0 Å². The highest BCUT2D eigenvalue weighted by Crippen LogP contribution is 1.48. The summed E-state index contributed by atoms with van der Waals surface area (Å²) in [6.07, 6.45) is 0. The van der Waals surface area contributed by atoms with E-state index in [1.165, 1.54) is 0 Å². The molecule has 0 atom stereocenters. The number of hydrogen-bond acceptors (Lipinski definition) is 6. The van der Waals surface area contributed by atoms with Crippen molar-refractivity contribution in [3.8, 4) is 0 Å². The summed E-state index contributed by atoms with van der Waals surface area (Å²) in [5, 5.41) is 0. The molecule has 0 fully saturated rings. The van der Waals surface area contributed by atoms with E-state index in [9.17, 15) is 0 Å². The molecule has 0 aliphatic carbocycles. The predicted octanol–water partition coefficient (Wildman–Crippen LogP) is -2.65. The quantitative estimate of drug-likeness (QED) is 0.155. The molecule has 0 saturated heterocycles. The fourth-order valence-electron chi connectivity index (χ4n) is 0.176. The van der Waals surface area contributed by atoms with E-state index in [-0.39, 0.29) is 0 Å². The highest BCUT2D eigenvalue weighted by Gasteiger charge is 1.77. The molecule has 0 heterocycles. The molecule has 0 unspecified atom stereocenters. The maximum Gasteiger partial charge on any atom is 0.0352 e. The Balaban J connectivity index is 2.53. The van der Waals surface area contributed by atoms with E-state index >= 15 is 0 Å². The van der Waals surface area contributed by atoms with Crippen LogP contribution in [-0.2, 0) is 4.94 Å². The molecule has 8 heavy (non-hydrogen) atoms. The van der Waals surface area contributed by atoms with Gasteiger partial charge in [0.25, 0.3) is 0 Å². The summed E-state index contributed by atoms with van der Waals surface area (Å²) in [6.45, 7) is 1.10. The average molecular weight is 121 g/mol. The van der Waals surface area contributed by atoms with E-state index in [2.05, 4.69) is 21.5 Å². The largest absolute Gasteiger partial charge is 0.329 e. The van der Waals surface area contributed by atoms with Crippen molar-refractivity contribution >= 4 is 0 Å². The Hall–Kier alpha value is -0.240. The van der Waals surface area contributed by atoms with Gasteiger partial charge in [0.1, 0.15) is 0 Å². The highest BCUT2D eigenvalue weighted by atomic mass is 16.8. The minimum Gasteiger partial charge on any atom is -0.329 e. The lowest BCUT2D eigenvalue weighted by Crippen LogP contribution is -2.42. The number of rotatable bonds is 5. The van der Waals surface area contributed by atoms with Crippen molar-refractivity contribution < 1.29 is 4.94 Å². The fourth-order valence-corrected chi connectivity index (χ4v) is 0.176. The van der Waals surface area contributed by atoms with Crippen molar-refractivity contribution in [2.45, 2.75) is 0 Å². The maximum atomic E-state index is 5.09. The SMILES string of the molecule is NCCNONNN. The summed E-state index contributed by atoms with van der Waals surface area (Å²) >= 11 is 0.